The summed E-state index contributed by atoms with van der Waals surface area (Å²) in [7, 11) is 1.66. The third-order valence-electron chi connectivity index (χ3n) is 2.97. The van der Waals surface area contributed by atoms with Gasteiger partial charge >= 0.3 is 0 Å². The van der Waals surface area contributed by atoms with Gasteiger partial charge in [0.05, 0.1) is 18.7 Å². The van der Waals surface area contributed by atoms with Crippen molar-refractivity contribution in [3.8, 4) is 11.5 Å². The van der Waals surface area contributed by atoms with Crippen molar-refractivity contribution in [2.45, 2.75) is 33.1 Å². The van der Waals surface area contributed by atoms with Gasteiger partial charge in [-0.3, -0.25) is 0 Å². The molecule has 0 heterocycles. The Morgan fingerprint density at radius 3 is 2.47 bits per heavy atom. The third-order valence-corrected chi connectivity index (χ3v) is 3.37. The summed E-state index contributed by atoms with van der Waals surface area (Å²) in [5, 5.41) is 0. The van der Waals surface area contributed by atoms with E-state index in [9.17, 15) is 0 Å². The highest BCUT2D eigenvalue weighted by Crippen LogP contribution is 2.34. The Kier molecular flexibility index (Phi) is 5.18. The summed E-state index contributed by atoms with van der Waals surface area (Å²) in [6, 6.07) is 5.85. The van der Waals surface area contributed by atoms with Crippen LogP contribution in [0, 0.1) is 5.92 Å². The first-order valence-corrected chi connectivity index (χ1v) is 6.77. The highest BCUT2D eigenvalue weighted by atomic mass is 32.1. The monoisotopic (exact) mass is 281 g/mol. The molecule has 0 saturated heterocycles. The van der Waals surface area contributed by atoms with Crippen molar-refractivity contribution < 1.29 is 9.47 Å². The molecular weight excluding hydrogens is 258 g/mol. The quantitative estimate of drug-likeness (QED) is 0.841. The predicted octanol–water partition coefficient (Wildman–Crippen LogP) is 3.29. The Bertz CT molecular complexity index is 452. The van der Waals surface area contributed by atoms with Crippen LogP contribution in [0.15, 0.2) is 18.2 Å². The molecule has 1 aromatic carbocycles. The van der Waals surface area contributed by atoms with E-state index in [1.165, 1.54) is 0 Å². The molecule has 0 aliphatic carbocycles. The van der Waals surface area contributed by atoms with Gasteiger partial charge in [-0.05, 0) is 23.6 Å². The first-order chi connectivity index (χ1) is 8.75. The second kappa shape index (κ2) is 6.24. The number of ether oxygens (including phenoxy) is 2. The highest BCUT2D eigenvalue weighted by molar-refractivity contribution is 7.80. The zero-order valence-corrected chi connectivity index (χ0v) is 13.1. The molecule has 0 spiro atoms. The average molecular weight is 281 g/mol. The lowest BCUT2D eigenvalue weighted by Gasteiger charge is -2.24. The summed E-state index contributed by atoms with van der Waals surface area (Å²) in [6.45, 7) is 8.89. The SMILES string of the molecule is COc1ccc(OCC(C)C(N)=S)c(C(C)(C)C)c1. The molecule has 1 aromatic rings. The molecule has 4 heteroatoms. The van der Waals surface area contributed by atoms with E-state index in [2.05, 4.69) is 20.8 Å². The second-order valence-corrected chi connectivity index (χ2v) is 6.20. The highest BCUT2D eigenvalue weighted by Gasteiger charge is 2.20. The van der Waals surface area contributed by atoms with Crippen LogP contribution in [0.25, 0.3) is 0 Å². The maximum absolute atomic E-state index is 5.86. The third kappa shape index (κ3) is 4.39. The van der Waals surface area contributed by atoms with Crippen molar-refractivity contribution in [3.05, 3.63) is 23.8 Å². The van der Waals surface area contributed by atoms with Crippen LogP contribution in [-0.2, 0) is 5.41 Å². The Balaban J connectivity index is 2.97. The van der Waals surface area contributed by atoms with E-state index in [-0.39, 0.29) is 11.3 Å². The van der Waals surface area contributed by atoms with Crippen LogP contribution < -0.4 is 15.2 Å². The van der Waals surface area contributed by atoms with Crippen LogP contribution >= 0.6 is 12.2 Å². The number of hydrogen-bond donors (Lipinski definition) is 1. The van der Waals surface area contributed by atoms with Crippen molar-refractivity contribution in [2.24, 2.45) is 11.7 Å². The van der Waals surface area contributed by atoms with Gasteiger partial charge in [0.25, 0.3) is 0 Å². The van der Waals surface area contributed by atoms with E-state index in [0.29, 0.717) is 11.6 Å². The van der Waals surface area contributed by atoms with Crippen LogP contribution in [0.5, 0.6) is 11.5 Å². The first-order valence-electron chi connectivity index (χ1n) is 6.36. The van der Waals surface area contributed by atoms with Crippen molar-refractivity contribution in [1.82, 2.24) is 0 Å². The molecule has 3 nitrogen and oxygen atoms in total. The molecule has 0 aliphatic heterocycles. The van der Waals surface area contributed by atoms with Crippen molar-refractivity contribution in [3.63, 3.8) is 0 Å². The van der Waals surface area contributed by atoms with Crippen LogP contribution in [0.1, 0.15) is 33.3 Å². The maximum atomic E-state index is 5.86. The van der Waals surface area contributed by atoms with E-state index < -0.39 is 0 Å². The van der Waals surface area contributed by atoms with Gasteiger partial charge < -0.3 is 15.2 Å². The molecule has 2 N–H and O–H groups in total. The van der Waals surface area contributed by atoms with Gasteiger partial charge in [-0.2, -0.15) is 0 Å². The average Bonchev–Trinajstić information content (AvgIpc) is 2.34. The number of thiocarbonyl (C=S) groups is 1. The molecule has 106 valence electrons. The molecule has 0 amide bonds. The van der Waals surface area contributed by atoms with Crippen molar-refractivity contribution >= 4 is 17.2 Å². The van der Waals surface area contributed by atoms with Gasteiger partial charge in [0.15, 0.2) is 0 Å². The van der Waals surface area contributed by atoms with Crippen LogP contribution in [0.3, 0.4) is 0 Å². The smallest absolute Gasteiger partial charge is 0.123 e. The fraction of sp³-hybridized carbons (Fsp3) is 0.533. The number of benzene rings is 1. The fourth-order valence-electron chi connectivity index (χ4n) is 1.64. The lowest BCUT2D eigenvalue weighted by Crippen LogP contribution is -2.24. The molecule has 0 fully saturated rings. The number of rotatable bonds is 5. The molecule has 0 aromatic heterocycles. The van der Waals surface area contributed by atoms with Crippen molar-refractivity contribution in [2.75, 3.05) is 13.7 Å². The Morgan fingerprint density at radius 1 is 1.37 bits per heavy atom. The minimum Gasteiger partial charge on any atom is -0.497 e. The summed E-state index contributed by atoms with van der Waals surface area (Å²) in [6.07, 6.45) is 0. The van der Waals surface area contributed by atoms with E-state index in [1.54, 1.807) is 7.11 Å². The minimum absolute atomic E-state index is 0.0175. The summed E-state index contributed by atoms with van der Waals surface area (Å²) in [5.74, 6) is 1.75. The summed E-state index contributed by atoms with van der Waals surface area (Å²) in [4.78, 5) is 0.478. The summed E-state index contributed by atoms with van der Waals surface area (Å²) < 4.78 is 11.1. The molecule has 1 rings (SSSR count). The Hall–Kier alpha value is -1.29. The zero-order chi connectivity index (χ0) is 14.6. The van der Waals surface area contributed by atoms with E-state index in [0.717, 1.165) is 17.1 Å². The van der Waals surface area contributed by atoms with E-state index >= 15 is 0 Å². The Labute approximate surface area is 121 Å². The molecule has 19 heavy (non-hydrogen) atoms. The van der Waals surface area contributed by atoms with Crippen LogP contribution in [0.4, 0.5) is 0 Å². The van der Waals surface area contributed by atoms with Crippen molar-refractivity contribution in [1.29, 1.82) is 0 Å². The topological polar surface area (TPSA) is 44.5 Å². The van der Waals surface area contributed by atoms with Crippen LogP contribution in [-0.4, -0.2) is 18.7 Å². The van der Waals surface area contributed by atoms with Gasteiger partial charge in [-0.1, -0.05) is 39.9 Å². The van der Waals surface area contributed by atoms with E-state index in [1.807, 2.05) is 25.1 Å². The molecule has 1 atom stereocenters. The van der Waals surface area contributed by atoms with Gasteiger partial charge in [0, 0.05) is 11.5 Å². The van der Waals surface area contributed by atoms with Crippen LogP contribution in [0.2, 0.25) is 0 Å². The number of nitrogens with two attached hydrogens (primary N) is 1. The van der Waals surface area contributed by atoms with Gasteiger partial charge in [0.2, 0.25) is 0 Å². The first kappa shape index (κ1) is 15.8. The minimum atomic E-state index is -0.0175. The summed E-state index contributed by atoms with van der Waals surface area (Å²) in [5.41, 5.74) is 6.70. The van der Waals surface area contributed by atoms with Gasteiger partial charge in [-0.25, -0.2) is 0 Å². The predicted molar refractivity (Wildman–Crippen MR) is 83.1 cm³/mol. The largest absolute Gasteiger partial charge is 0.497 e. The molecule has 1 unspecified atom stereocenters. The molecule has 0 radical (unpaired) electrons. The standard InChI is InChI=1S/C15H23NO2S/c1-10(14(16)19)9-18-13-7-6-11(17-5)8-12(13)15(2,3)4/h6-8,10H,9H2,1-5H3,(H2,16,19). The van der Waals surface area contributed by atoms with E-state index in [4.69, 9.17) is 27.4 Å². The molecule has 0 aliphatic rings. The second-order valence-electron chi connectivity index (χ2n) is 5.73. The molecule has 0 bridgehead atoms. The lowest BCUT2D eigenvalue weighted by atomic mass is 9.86. The number of hydrogen-bond acceptors (Lipinski definition) is 3. The molecular formula is C15H23NO2S. The summed E-state index contributed by atoms with van der Waals surface area (Å²) >= 11 is 4.96. The van der Waals surface area contributed by atoms with Gasteiger partial charge in [0.1, 0.15) is 11.5 Å². The lowest BCUT2D eigenvalue weighted by molar-refractivity contribution is 0.285. The number of methoxy groups -OCH3 is 1. The maximum Gasteiger partial charge on any atom is 0.123 e. The van der Waals surface area contributed by atoms with Gasteiger partial charge in [-0.15, -0.1) is 0 Å². The zero-order valence-electron chi connectivity index (χ0n) is 12.3. The molecule has 0 saturated carbocycles. The normalized spacial score (nSPS) is 12.9. The Morgan fingerprint density at radius 2 is 2.00 bits per heavy atom. The fourth-order valence-corrected chi connectivity index (χ4v) is 1.71.